The molecule has 0 spiro atoms. The van der Waals surface area contributed by atoms with Gasteiger partial charge in [-0.1, -0.05) is 13.8 Å². The number of hydrogen-bond acceptors (Lipinski definition) is 1. The second-order valence-electron chi connectivity index (χ2n) is 4.63. The van der Waals surface area contributed by atoms with Crippen molar-refractivity contribution in [1.29, 1.82) is 0 Å². The molecule has 0 aliphatic rings. The van der Waals surface area contributed by atoms with Gasteiger partial charge in [-0.25, -0.2) is 10.3 Å². The molecule has 0 fully saturated rings. The predicted molar refractivity (Wildman–Crippen MR) is 74.4 cm³/mol. The van der Waals surface area contributed by atoms with Gasteiger partial charge in [0, 0.05) is 0 Å². The van der Waals surface area contributed by atoms with E-state index in [4.69, 9.17) is 0 Å². The quantitative estimate of drug-likeness (QED) is 0.547. The number of aromatic amines is 1. The summed E-state index contributed by atoms with van der Waals surface area (Å²) in [6.07, 6.45) is 5.38. The van der Waals surface area contributed by atoms with Crippen LogP contribution in [0.4, 0.5) is 5.69 Å². The van der Waals surface area contributed by atoms with Crippen molar-refractivity contribution in [3.05, 3.63) is 36.8 Å². The van der Waals surface area contributed by atoms with Crippen LogP contribution < -0.4 is 10.3 Å². The van der Waals surface area contributed by atoms with Gasteiger partial charge in [-0.2, -0.15) is 0 Å². The first-order chi connectivity index (χ1) is 8.75. The predicted octanol–water partition coefficient (Wildman–Crippen LogP) is 1.25. The highest BCUT2D eigenvalue weighted by molar-refractivity contribution is 5.73. The average Bonchev–Trinajstić information content (AvgIpc) is 2.89. The summed E-state index contributed by atoms with van der Waals surface area (Å²) in [6, 6.07) is 8.21. The van der Waals surface area contributed by atoms with E-state index < -0.39 is 0 Å². The normalized spacial score (nSPS) is 11.3. The monoisotopic (exact) mass is 243 g/mol. The van der Waals surface area contributed by atoms with Gasteiger partial charge in [0.1, 0.15) is 5.69 Å². The Balaban J connectivity index is 1.94. The number of H-pyrrole nitrogens is 1. The summed E-state index contributed by atoms with van der Waals surface area (Å²) in [6.45, 7) is 5.33. The number of benzene rings is 1. The summed E-state index contributed by atoms with van der Waals surface area (Å²) in [7, 11) is 0. The first kappa shape index (κ1) is 12.4. The van der Waals surface area contributed by atoms with Crippen LogP contribution >= 0.6 is 0 Å². The van der Waals surface area contributed by atoms with Crippen molar-refractivity contribution in [1.82, 2.24) is 9.97 Å². The fraction of sp³-hybridized carbons (Fsp3) is 0.286. The van der Waals surface area contributed by atoms with Crippen LogP contribution in [0.25, 0.3) is 11.3 Å². The smallest absolute Gasteiger partial charge is 0.234 e. The highest BCUT2D eigenvalue weighted by atomic mass is 14.9. The van der Waals surface area contributed by atoms with E-state index >= 15 is 0 Å². The Morgan fingerprint density at radius 1 is 1.33 bits per heavy atom. The van der Waals surface area contributed by atoms with E-state index in [0.29, 0.717) is 5.92 Å². The van der Waals surface area contributed by atoms with Crippen molar-refractivity contribution in [3.8, 4) is 11.3 Å². The standard InChI is InChI=1S/C14H18N4/c1-11(2)7-15-9-17-13-5-3-12(4-6-13)14-8-16-10-18-14/h3-6,8-11H,7H2,1-2H3,(H,15,17)(H,16,18)/p+1. The van der Waals surface area contributed by atoms with Crippen molar-refractivity contribution >= 4 is 12.0 Å². The lowest BCUT2D eigenvalue weighted by molar-refractivity contribution is -0.459. The minimum absolute atomic E-state index is 0.644. The van der Waals surface area contributed by atoms with E-state index in [2.05, 4.69) is 46.3 Å². The van der Waals surface area contributed by atoms with Gasteiger partial charge in [0.05, 0.1) is 24.8 Å². The third kappa shape index (κ3) is 3.45. The third-order valence-electron chi connectivity index (χ3n) is 2.56. The summed E-state index contributed by atoms with van der Waals surface area (Å²) in [4.78, 5) is 10.3. The Labute approximate surface area is 107 Å². The Bertz CT molecular complexity index is 483. The molecule has 0 aliphatic carbocycles. The van der Waals surface area contributed by atoms with Crippen molar-refractivity contribution in [2.75, 3.05) is 11.9 Å². The molecule has 0 amide bonds. The Kier molecular flexibility index (Phi) is 4.12. The topological polar surface area (TPSA) is 54.7 Å². The summed E-state index contributed by atoms with van der Waals surface area (Å²) < 4.78 is 0. The summed E-state index contributed by atoms with van der Waals surface area (Å²) >= 11 is 0. The molecule has 2 aromatic rings. The van der Waals surface area contributed by atoms with Crippen molar-refractivity contribution in [2.45, 2.75) is 13.8 Å². The fourth-order valence-corrected chi connectivity index (χ4v) is 1.59. The van der Waals surface area contributed by atoms with E-state index in [0.717, 1.165) is 23.5 Å². The maximum atomic E-state index is 4.01. The fourth-order valence-electron chi connectivity index (χ4n) is 1.59. The van der Waals surface area contributed by atoms with Crippen molar-refractivity contribution in [2.24, 2.45) is 5.92 Å². The maximum Gasteiger partial charge on any atom is 0.234 e. The van der Waals surface area contributed by atoms with Gasteiger partial charge in [-0.15, -0.1) is 0 Å². The van der Waals surface area contributed by atoms with Crippen LogP contribution in [0.15, 0.2) is 36.8 Å². The van der Waals surface area contributed by atoms with Crippen LogP contribution in [0.2, 0.25) is 0 Å². The molecule has 1 aromatic heterocycles. The molecule has 3 N–H and O–H groups in total. The second kappa shape index (κ2) is 6.00. The van der Waals surface area contributed by atoms with Crippen molar-refractivity contribution < 1.29 is 4.99 Å². The lowest BCUT2D eigenvalue weighted by Gasteiger charge is -1.99. The highest BCUT2D eigenvalue weighted by Gasteiger charge is 2.00. The third-order valence-corrected chi connectivity index (χ3v) is 2.56. The van der Waals surface area contributed by atoms with Crippen LogP contribution in [-0.4, -0.2) is 22.9 Å². The first-order valence-corrected chi connectivity index (χ1v) is 6.16. The number of hydrogen-bond donors (Lipinski definition) is 3. The summed E-state index contributed by atoms with van der Waals surface area (Å²) in [5.41, 5.74) is 3.23. The molecule has 1 aromatic carbocycles. The highest BCUT2D eigenvalue weighted by Crippen LogP contribution is 2.18. The Morgan fingerprint density at radius 2 is 2.11 bits per heavy atom. The molecule has 4 heteroatoms. The van der Waals surface area contributed by atoms with E-state index in [9.17, 15) is 0 Å². The minimum atomic E-state index is 0.644. The van der Waals surface area contributed by atoms with Gasteiger partial charge < -0.3 is 4.98 Å². The van der Waals surface area contributed by atoms with Crippen LogP contribution in [0, 0.1) is 5.92 Å². The Morgan fingerprint density at radius 3 is 2.72 bits per heavy atom. The summed E-state index contributed by atoms with van der Waals surface area (Å²) in [5.74, 6) is 0.644. The van der Waals surface area contributed by atoms with Crippen LogP contribution in [0.3, 0.4) is 0 Å². The zero-order valence-electron chi connectivity index (χ0n) is 10.8. The summed E-state index contributed by atoms with van der Waals surface area (Å²) in [5, 5.41) is 3.21. The van der Waals surface area contributed by atoms with Gasteiger partial charge in [0.25, 0.3) is 0 Å². The Hall–Kier alpha value is -2.10. The molecule has 4 nitrogen and oxygen atoms in total. The molecule has 2 rings (SSSR count). The van der Waals surface area contributed by atoms with E-state index in [1.54, 1.807) is 6.33 Å². The second-order valence-corrected chi connectivity index (χ2v) is 4.63. The molecule has 0 atom stereocenters. The lowest BCUT2D eigenvalue weighted by Crippen LogP contribution is -2.71. The minimum Gasteiger partial charge on any atom is -0.345 e. The largest absolute Gasteiger partial charge is 0.345 e. The molecule has 0 unspecified atom stereocenters. The SMILES string of the molecule is CC(C)C[NH+]=CNc1ccc(-c2cnc[nH]2)cc1. The van der Waals surface area contributed by atoms with Crippen molar-refractivity contribution in [3.63, 3.8) is 0 Å². The van der Waals surface area contributed by atoms with Gasteiger partial charge in [-0.3, -0.25) is 4.99 Å². The number of imidazole rings is 1. The zero-order valence-corrected chi connectivity index (χ0v) is 10.8. The van der Waals surface area contributed by atoms with E-state index in [1.807, 2.05) is 24.7 Å². The molecular formula is C14H19N4+. The molecule has 18 heavy (non-hydrogen) atoms. The molecule has 0 saturated carbocycles. The molecule has 0 aliphatic heterocycles. The average molecular weight is 243 g/mol. The molecule has 0 bridgehead atoms. The number of rotatable bonds is 5. The van der Waals surface area contributed by atoms with Crippen LogP contribution in [0.1, 0.15) is 13.8 Å². The van der Waals surface area contributed by atoms with Crippen LogP contribution in [0.5, 0.6) is 0 Å². The first-order valence-electron chi connectivity index (χ1n) is 6.16. The number of aromatic nitrogens is 2. The maximum absolute atomic E-state index is 4.01. The number of nitrogens with one attached hydrogen (secondary N) is 3. The molecule has 0 radical (unpaired) electrons. The molecule has 94 valence electrons. The van der Waals surface area contributed by atoms with Crippen LogP contribution in [-0.2, 0) is 0 Å². The van der Waals surface area contributed by atoms with E-state index in [1.165, 1.54) is 0 Å². The van der Waals surface area contributed by atoms with Gasteiger partial charge >= 0.3 is 0 Å². The molecule has 1 heterocycles. The number of nitrogens with zero attached hydrogens (tertiary/aromatic N) is 1. The lowest BCUT2D eigenvalue weighted by atomic mass is 10.1. The van der Waals surface area contributed by atoms with Gasteiger partial charge in [0.2, 0.25) is 6.34 Å². The molecule has 0 saturated heterocycles. The van der Waals surface area contributed by atoms with Gasteiger partial charge in [0.15, 0.2) is 0 Å². The zero-order chi connectivity index (χ0) is 12.8. The molecular weight excluding hydrogens is 224 g/mol. The number of anilines is 1. The van der Waals surface area contributed by atoms with E-state index in [-0.39, 0.29) is 0 Å². The van der Waals surface area contributed by atoms with Gasteiger partial charge in [-0.05, 0) is 35.7 Å².